The third-order valence-electron chi connectivity index (χ3n) is 12.3. The van der Waals surface area contributed by atoms with E-state index in [4.69, 9.17) is 0 Å². The lowest BCUT2D eigenvalue weighted by Crippen LogP contribution is -2.28. The van der Waals surface area contributed by atoms with Crippen LogP contribution in [0.5, 0.6) is 0 Å². The van der Waals surface area contributed by atoms with Crippen LogP contribution in [0.15, 0.2) is 176 Å². The summed E-state index contributed by atoms with van der Waals surface area (Å²) in [4.78, 5) is 2.51. The molecule has 0 amide bonds. The van der Waals surface area contributed by atoms with Crippen molar-refractivity contribution >= 4 is 33.2 Å². The first-order valence-corrected chi connectivity index (χ1v) is 19.2. The molecule has 2 atom stereocenters. The standard InChI is InChI=1S/C52H37N3/c1-52(2)46-27-33(32-53)17-22-40(46)41-23-18-35(29-47(41)52)34-21-26-49-45(28-34)44-25-20-37(31-51(44)55(49)39-13-7-4-8-14-39)36-19-24-43-42-15-9-10-16-48(42)54(50(43)30-36)38-11-5-3-6-12-38/h3-31,42,48H,1-2H3. The summed E-state index contributed by atoms with van der Waals surface area (Å²) < 4.78 is 2.42. The van der Waals surface area contributed by atoms with Crippen molar-refractivity contribution in [1.82, 2.24) is 4.57 Å². The Morgan fingerprint density at radius 3 is 1.98 bits per heavy atom. The maximum Gasteiger partial charge on any atom is 0.0991 e. The van der Waals surface area contributed by atoms with E-state index in [1.807, 2.05) is 6.07 Å². The average Bonchev–Trinajstić information content (AvgIpc) is 3.83. The molecular formula is C52H37N3. The largest absolute Gasteiger partial charge is 0.333 e. The topological polar surface area (TPSA) is 32.0 Å². The van der Waals surface area contributed by atoms with Crippen molar-refractivity contribution in [3.05, 3.63) is 198 Å². The van der Waals surface area contributed by atoms with Crippen LogP contribution in [0.1, 0.15) is 42.0 Å². The van der Waals surface area contributed by atoms with E-state index in [9.17, 15) is 5.26 Å². The Morgan fingerprint density at radius 1 is 0.545 bits per heavy atom. The van der Waals surface area contributed by atoms with Crippen LogP contribution in [0.25, 0.3) is 60.9 Å². The molecule has 0 saturated carbocycles. The van der Waals surface area contributed by atoms with Crippen molar-refractivity contribution in [3.63, 3.8) is 0 Å². The maximum atomic E-state index is 9.62. The summed E-state index contributed by atoms with van der Waals surface area (Å²) >= 11 is 0. The number of nitrogens with zero attached hydrogens (tertiary/aromatic N) is 3. The van der Waals surface area contributed by atoms with Gasteiger partial charge in [-0.3, -0.25) is 0 Å². The molecule has 1 aliphatic heterocycles. The second-order valence-corrected chi connectivity index (χ2v) is 15.7. The first kappa shape index (κ1) is 31.6. The van der Waals surface area contributed by atoms with Crippen LogP contribution in [0, 0.1) is 11.3 Å². The normalized spacial score (nSPS) is 17.2. The lowest BCUT2D eigenvalue weighted by Gasteiger charge is -2.28. The lowest BCUT2D eigenvalue weighted by atomic mass is 9.81. The number of hydrogen-bond acceptors (Lipinski definition) is 2. The minimum absolute atomic E-state index is 0.196. The van der Waals surface area contributed by atoms with Crippen LogP contribution < -0.4 is 4.90 Å². The lowest BCUT2D eigenvalue weighted by molar-refractivity contribution is 0.660. The highest BCUT2D eigenvalue weighted by Crippen LogP contribution is 2.51. The molecule has 11 rings (SSSR count). The van der Waals surface area contributed by atoms with Crippen molar-refractivity contribution in [2.75, 3.05) is 4.90 Å². The Morgan fingerprint density at radius 2 is 1.18 bits per heavy atom. The summed E-state index contributed by atoms with van der Waals surface area (Å²) in [6, 6.07) is 58.1. The number of hydrogen-bond donors (Lipinski definition) is 0. The van der Waals surface area contributed by atoms with Gasteiger partial charge in [-0.2, -0.15) is 5.26 Å². The summed E-state index contributed by atoms with van der Waals surface area (Å²) in [5.74, 6) is 0.329. The second kappa shape index (κ2) is 11.8. The zero-order valence-electron chi connectivity index (χ0n) is 30.7. The summed E-state index contributed by atoms with van der Waals surface area (Å²) in [5.41, 5.74) is 17.7. The molecule has 1 aromatic heterocycles. The van der Waals surface area contributed by atoms with Crippen LogP contribution in [0.2, 0.25) is 0 Å². The predicted octanol–water partition coefficient (Wildman–Crippen LogP) is 13.0. The van der Waals surface area contributed by atoms with Crippen LogP contribution in [0.4, 0.5) is 11.4 Å². The Kier molecular flexibility index (Phi) is 6.79. The quantitative estimate of drug-likeness (QED) is 0.183. The monoisotopic (exact) mass is 703 g/mol. The van der Waals surface area contributed by atoms with Gasteiger partial charge in [0.05, 0.1) is 28.7 Å². The van der Waals surface area contributed by atoms with Gasteiger partial charge in [-0.15, -0.1) is 0 Å². The smallest absolute Gasteiger partial charge is 0.0991 e. The summed E-state index contributed by atoms with van der Waals surface area (Å²) in [6.45, 7) is 4.55. The van der Waals surface area contributed by atoms with Gasteiger partial charge in [0.25, 0.3) is 0 Å². The molecule has 2 heterocycles. The number of benzene rings is 7. The van der Waals surface area contributed by atoms with Gasteiger partial charge < -0.3 is 9.47 Å². The number of anilines is 2. The van der Waals surface area contributed by atoms with E-state index in [0.29, 0.717) is 11.5 Å². The summed E-state index contributed by atoms with van der Waals surface area (Å²) in [5, 5.41) is 12.1. The molecule has 0 fully saturated rings. The molecule has 260 valence electrons. The minimum atomic E-state index is -0.196. The number of para-hydroxylation sites is 2. The van der Waals surface area contributed by atoms with E-state index < -0.39 is 0 Å². The van der Waals surface area contributed by atoms with Crippen molar-refractivity contribution < 1.29 is 0 Å². The number of nitriles is 1. The number of allylic oxidation sites excluding steroid dienone is 2. The number of aromatic nitrogens is 1. The molecule has 2 aliphatic carbocycles. The molecular weight excluding hydrogens is 667 g/mol. The molecule has 3 nitrogen and oxygen atoms in total. The van der Waals surface area contributed by atoms with Crippen molar-refractivity contribution in [2.24, 2.45) is 0 Å². The van der Waals surface area contributed by atoms with Gasteiger partial charge in [0, 0.05) is 39.2 Å². The van der Waals surface area contributed by atoms with Gasteiger partial charge in [0.2, 0.25) is 0 Å². The van der Waals surface area contributed by atoms with Gasteiger partial charge in [-0.05, 0) is 117 Å². The fourth-order valence-corrected chi connectivity index (χ4v) is 9.63. The van der Waals surface area contributed by atoms with E-state index in [2.05, 4.69) is 199 Å². The molecule has 7 aromatic carbocycles. The molecule has 55 heavy (non-hydrogen) atoms. The zero-order valence-corrected chi connectivity index (χ0v) is 30.7. The second-order valence-electron chi connectivity index (χ2n) is 15.7. The molecule has 0 bridgehead atoms. The fraction of sp³-hybridized carbons (Fsp3) is 0.0962. The Balaban J connectivity index is 1.05. The Labute approximate surface area is 321 Å². The van der Waals surface area contributed by atoms with Crippen molar-refractivity contribution in [3.8, 4) is 45.1 Å². The van der Waals surface area contributed by atoms with Crippen molar-refractivity contribution in [2.45, 2.75) is 31.2 Å². The highest BCUT2D eigenvalue weighted by Gasteiger charge is 2.38. The Bertz CT molecular complexity index is 2970. The van der Waals surface area contributed by atoms with E-state index in [-0.39, 0.29) is 11.5 Å². The molecule has 8 aromatic rings. The number of fused-ring (bicyclic) bond motifs is 9. The maximum absolute atomic E-state index is 9.62. The molecule has 3 aliphatic rings. The van der Waals surface area contributed by atoms with Crippen LogP contribution in [-0.4, -0.2) is 10.6 Å². The van der Waals surface area contributed by atoms with E-state index in [1.165, 1.54) is 83.3 Å². The average molecular weight is 704 g/mol. The highest BCUT2D eigenvalue weighted by molar-refractivity contribution is 6.11. The molecule has 0 N–H and O–H groups in total. The molecule has 2 unspecified atom stereocenters. The molecule has 0 spiro atoms. The van der Waals surface area contributed by atoms with E-state index in [1.54, 1.807) is 0 Å². The van der Waals surface area contributed by atoms with Crippen LogP contribution in [-0.2, 0) is 5.41 Å². The molecule has 3 heteroatoms. The van der Waals surface area contributed by atoms with Gasteiger partial charge in [0.1, 0.15) is 0 Å². The number of rotatable bonds is 4. The predicted molar refractivity (Wildman–Crippen MR) is 227 cm³/mol. The van der Waals surface area contributed by atoms with E-state index >= 15 is 0 Å². The first-order chi connectivity index (χ1) is 27.0. The van der Waals surface area contributed by atoms with Crippen LogP contribution >= 0.6 is 0 Å². The van der Waals surface area contributed by atoms with Gasteiger partial charge in [-0.25, -0.2) is 0 Å². The minimum Gasteiger partial charge on any atom is -0.333 e. The van der Waals surface area contributed by atoms with Gasteiger partial charge in [-0.1, -0.05) is 123 Å². The third-order valence-corrected chi connectivity index (χ3v) is 12.3. The van der Waals surface area contributed by atoms with E-state index in [0.717, 1.165) is 5.69 Å². The highest BCUT2D eigenvalue weighted by atomic mass is 15.2. The molecule has 0 radical (unpaired) electrons. The van der Waals surface area contributed by atoms with Crippen molar-refractivity contribution in [1.29, 1.82) is 5.26 Å². The third kappa shape index (κ3) is 4.68. The van der Waals surface area contributed by atoms with Gasteiger partial charge in [0.15, 0.2) is 0 Å². The SMILES string of the molecule is CC1(C)c2cc(C#N)ccc2-c2ccc(-c3ccc4c(c3)c3ccc(-c5ccc6c(c5)N(c5ccccc5)C5C=CC=CC65)cc3n4-c3ccccc3)cc21. The summed E-state index contributed by atoms with van der Waals surface area (Å²) in [7, 11) is 0. The first-order valence-electron chi connectivity index (χ1n) is 19.2. The summed E-state index contributed by atoms with van der Waals surface area (Å²) in [6.07, 6.45) is 9.05. The zero-order chi connectivity index (χ0) is 36.8. The van der Waals surface area contributed by atoms with Crippen LogP contribution in [0.3, 0.4) is 0 Å². The fourth-order valence-electron chi connectivity index (χ4n) is 9.63. The Hall–Kier alpha value is -6.89. The molecule has 0 saturated heterocycles. The van der Waals surface area contributed by atoms with Gasteiger partial charge >= 0.3 is 0 Å².